The van der Waals surface area contributed by atoms with Crippen LogP contribution in [0.25, 0.3) is 5.57 Å². The van der Waals surface area contributed by atoms with E-state index in [4.69, 9.17) is 18.0 Å². The standard InChI is InChI=1S/C29H32N2O6S/c1-14(2)31-19-6-4-5-16(10-19)20-7-8-22(33)24-21(20)11-17(15(3)26(24)38)9-18-12-23(34)25(28(30)36)27(35)29(18,37)13-32/h4-8,10,17-18,22,24,31-33,35,37H,1,3,9,11-13H2,2H3,(H2,30,36)/t17-,18+,22?,24?,29-/m1/s1. The van der Waals surface area contributed by atoms with Gasteiger partial charge in [0.25, 0.3) is 5.91 Å². The molecule has 1 saturated carbocycles. The molecule has 200 valence electrons. The average Bonchev–Trinajstić information content (AvgIpc) is 2.85. The van der Waals surface area contributed by atoms with Crippen LogP contribution in [0.3, 0.4) is 0 Å². The van der Waals surface area contributed by atoms with Crippen molar-refractivity contribution in [3.8, 4) is 0 Å². The number of benzene rings is 1. The van der Waals surface area contributed by atoms with Crippen LogP contribution in [-0.4, -0.2) is 55.3 Å². The number of carbonyl (C=O) groups excluding carboxylic acids is 2. The van der Waals surface area contributed by atoms with Gasteiger partial charge in [0.2, 0.25) is 0 Å². The summed E-state index contributed by atoms with van der Waals surface area (Å²) in [6, 6.07) is 7.79. The number of Topliss-reactive ketones (excluding diaryl/α,β-unsaturated/α-hetero) is 1. The molecule has 7 N–H and O–H groups in total. The van der Waals surface area contributed by atoms with E-state index in [1.807, 2.05) is 37.3 Å². The molecule has 0 saturated heterocycles. The number of hydrogen-bond acceptors (Lipinski definition) is 8. The van der Waals surface area contributed by atoms with Crippen LogP contribution in [-0.2, 0) is 9.59 Å². The molecule has 1 aromatic rings. The number of fused-ring (bicyclic) bond motifs is 1. The zero-order valence-corrected chi connectivity index (χ0v) is 21.9. The van der Waals surface area contributed by atoms with Gasteiger partial charge < -0.3 is 31.5 Å². The first-order valence-electron chi connectivity index (χ1n) is 12.3. The predicted octanol–water partition coefficient (Wildman–Crippen LogP) is 2.88. The number of amides is 1. The van der Waals surface area contributed by atoms with Crippen LogP contribution in [0, 0.1) is 17.8 Å². The molecule has 2 unspecified atom stereocenters. The summed E-state index contributed by atoms with van der Waals surface area (Å²) in [5, 5.41) is 45.8. The number of carbonyl (C=O) groups is 2. The van der Waals surface area contributed by atoms with Crippen molar-refractivity contribution in [2.24, 2.45) is 23.5 Å². The van der Waals surface area contributed by atoms with E-state index < -0.39 is 53.2 Å². The molecule has 3 aliphatic rings. The maximum atomic E-state index is 12.6. The maximum Gasteiger partial charge on any atom is 0.255 e. The summed E-state index contributed by atoms with van der Waals surface area (Å²) in [6.45, 7) is 9.02. The molecule has 5 atom stereocenters. The highest BCUT2D eigenvalue weighted by molar-refractivity contribution is 7.81. The van der Waals surface area contributed by atoms with Gasteiger partial charge >= 0.3 is 0 Å². The molecule has 38 heavy (non-hydrogen) atoms. The second-order valence-corrected chi connectivity index (χ2v) is 10.7. The molecule has 0 spiro atoms. The van der Waals surface area contributed by atoms with Gasteiger partial charge in [0.15, 0.2) is 5.78 Å². The van der Waals surface area contributed by atoms with E-state index in [-0.39, 0.29) is 18.8 Å². The third-order valence-electron chi connectivity index (χ3n) is 7.70. The van der Waals surface area contributed by atoms with Crippen molar-refractivity contribution in [1.82, 2.24) is 0 Å². The summed E-state index contributed by atoms with van der Waals surface area (Å²) in [5.74, 6) is -4.49. The Labute approximate surface area is 226 Å². The molecule has 0 aromatic heterocycles. The van der Waals surface area contributed by atoms with Gasteiger partial charge in [0.1, 0.15) is 16.9 Å². The maximum absolute atomic E-state index is 12.6. The van der Waals surface area contributed by atoms with Crippen molar-refractivity contribution in [3.05, 3.63) is 83.3 Å². The minimum absolute atomic E-state index is 0.151. The lowest BCUT2D eigenvalue weighted by atomic mass is 9.64. The number of ketones is 1. The normalized spacial score (nSPS) is 29.4. The Hall–Kier alpha value is -3.37. The van der Waals surface area contributed by atoms with Crippen LogP contribution in [0.5, 0.6) is 0 Å². The molecule has 1 aromatic carbocycles. The first-order chi connectivity index (χ1) is 17.9. The number of nitrogens with two attached hydrogens (primary N) is 1. The zero-order chi connectivity index (χ0) is 27.9. The highest BCUT2D eigenvalue weighted by atomic mass is 32.1. The first kappa shape index (κ1) is 27.7. The third-order valence-corrected chi connectivity index (χ3v) is 8.22. The monoisotopic (exact) mass is 536 g/mol. The number of hydrogen-bond donors (Lipinski definition) is 6. The fraction of sp³-hybridized carbons (Fsp3) is 0.345. The van der Waals surface area contributed by atoms with E-state index >= 15 is 0 Å². The molecule has 1 amide bonds. The Bertz CT molecular complexity index is 1340. The summed E-state index contributed by atoms with van der Waals surface area (Å²) in [7, 11) is 0. The van der Waals surface area contributed by atoms with Gasteiger partial charge in [-0.05, 0) is 54.5 Å². The lowest BCUT2D eigenvalue weighted by Gasteiger charge is -2.43. The van der Waals surface area contributed by atoms with Crippen LogP contribution in [0.1, 0.15) is 31.7 Å². The van der Waals surface area contributed by atoms with Crippen molar-refractivity contribution in [3.63, 3.8) is 0 Å². The first-order valence-corrected chi connectivity index (χ1v) is 12.7. The molecular formula is C29H32N2O6S. The summed E-state index contributed by atoms with van der Waals surface area (Å²) in [6.07, 6.45) is 3.04. The van der Waals surface area contributed by atoms with E-state index in [1.54, 1.807) is 6.08 Å². The number of anilines is 1. The number of allylic oxidation sites excluding steroid dienone is 4. The van der Waals surface area contributed by atoms with Gasteiger partial charge in [-0.1, -0.05) is 55.2 Å². The topological polar surface area (TPSA) is 153 Å². The lowest BCUT2D eigenvalue weighted by molar-refractivity contribution is -0.130. The van der Waals surface area contributed by atoms with Crippen molar-refractivity contribution in [2.45, 2.75) is 37.9 Å². The molecule has 4 rings (SSSR count). The minimum atomic E-state index is -2.22. The fourth-order valence-corrected chi connectivity index (χ4v) is 6.21. The third kappa shape index (κ3) is 4.78. The highest BCUT2D eigenvalue weighted by Gasteiger charge is 2.51. The number of primary amides is 1. The lowest BCUT2D eigenvalue weighted by Crippen LogP contribution is -2.51. The van der Waals surface area contributed by atoms with Crippen LogP contribution in [0.15, 0.2) is 77.8 Å². The van der Waals surface area contributed by atoms with E-state index in [2.05, 4.69) is 18.5 Å². The molecular weight excluding hydrogens is 504 g/mol. The predicted molar refractivity (Wildman–Crippen MR) is 149 cm³/mol. The Balaban J connectivity index is 1.73. The number of aliphatic hydroxyl groups is 4. The SMILES string of the molecule is C=C(C)Nc1cccc(C2=C3C[C@@H](C[C@H]4CC(=O)C(C(N)=O)=C(O)[C@@]4(O)CO)C(=C)C(=S)C3C(O)C=C2)c1. The fourth-order valence-electron chi connectivity index (χ4n) is 5.76. The quantitative estimate of drug-likeness (QED) is 0.177. The molecule has 0 radical (unpaired) electrons. The molecule has 8 nitrogen and oxygen atoms in total. The molecule has 3 aliphatic carbocycles. The van der Waals surface area contributed by atoms with Gasteiger partial charge in [0, 0.05) is 34.5 Å². The average molecular weight is 537 g/mol. The van der Waals surface area contributed by atoms with Crippen LogP contribution < -0.4 is 11.1 Å². The van der Waals surface area contributed by atoms with Crippen LogP contribution in [0.2, 0.25) is 0 Å². The summed E-state index contributed by atoms with van der Waals surface area (Å²) < 4.78 is 0. The summed E-state index contributed by atoms with van der Waals surface area (Å²) in [5.41, 5.74) is 7.30. The van der Waals surface area contributed by atoms with Gasteiger partial charge in [0.05, 0.1) is 12.7 Å². The van der Waals surface area contributed by atoms with Crippen LogP contribution >= 0.6 is 12.2 Å². The smallest absolute Gasteiger partial charge is 0.255 e. The van der Waals surface area contributed by atoms with Crippen molar-refractivity contribution in [1.29, 1.82) is 0 Å². The second kappa shape index (κ2) is 10.4. The number of nitrogens with one attached hydrogen (secondary N) is 1. The van der Waals surface area contributed by atoms with Gasteiger partial charge in [-0.25, -0.2) is 0 Å². The largest absolute Gasteiger partial charge is 0.508 e. The Morgan fingerprint density at radius 3 is 2.66 bits per heavy atom. The van der Waals surface area contributed by atoms with Crippen molar-refractivity contribution in [2.75, 3.05) is 11.9 Å². The van der Waals surface area contributed by atoms with Crippen LogP contribution in [0.4, 0.5) is 5.69 Å². The molecule has 9 heteroatoms. The number of thiocarbonyl (C=S) groups is 1. The Morgan fingerprint density at radius 1 is 1.32 bits per heavy atom. The van der Waals surface area contributed by atoms with Crippen molar-refractivity contribution >= 4 is 40.0 Å². The number of aliphatic hydroxyl groups excluding tert-OH is 3. The summed E-state index contributed by atoms with van der Waals surface area (Å²) >= 11 is 5.77. The zero-order valence-electron chi connectivity index (χ0n) is 21.1. The Morgan fingerprint density at radius 2 is 2.03 bits per heavy atom. The second-order valence-electron chi connectivity index (χ2n) is 10.3. The summed E-state index contributed by atoms with van der Waals surface area (Å²) in [4.78, 5) is 24.8. The molecule has 0 heterocycles. The van der Waals surface area contributed by atoms with Gasteiger partial charge in [-0.15, -0.1) is 0 Å². The molecule has 0 bridgehead atoms. The Kier molecular flexibility index (Phi) is 7.58. The van der Waals surface area contributed by atoms with Gasteiger partial charge in [-0.2, -0.15) is 0 Å². The number of rotatable bonds is 7. The van der Waals surface area contributed by atoms with E-state index in [9.17, 15) is 30.0 Å². The van der Waals surface area contributed by atoms with Gasteiger partial charge in [-0.3, -0.25) is 9.59 Å². The molecule has 1 fully saturated rings. The van der Waals surface area contributed by atoms with E-state index in [1.165, 1.54) is 0 Å². The van der Waals surface area contributed by atoms with E-state index in [0.717, 1.165) is 28.1 Å². The minimum Gasteiger partial charge on any atom is -0.508 e. The van der Waals surface area contributed by atoms with Crippen molar-refractivity contribution < 1.29 is 30.0 Å². The highest BCUT2D eigenvalue weighted by Crippen LogP contribution is 2.48. The molecule has 0 aliphatic heterocycles. The van der Waals surface area contributed by atoms with E-state index in [0.29, 0.717) is 16.9 Å².